The maximum atomic E-state index is 13.2. The first kappa shape index (κ1) is 21.5. The van der Waals surface area contributed by atoms with Crippen molar-refractivity contribution in [3.63, 3.8) is 0 Å². The minimum absolute atomic E-state index is 0.109. The van der Waals surface area contributed by atoms with Gasteiger partial charge in [-0.05, 0) is 63.6 Å². The summed E-state index contributed by atoms with van der Waals surface area (Å²) in [5, 5.41) is 0. The molecule has 0 spiro atoms. The molecule has 2 amide bonds. The molecular weight excluding hydrogens is 368 g/mol. The predicted molar refractivity (Wildman–Crippen MR) is 112 cm³/mol. The highest BCUT2D eigenvalue weighted by Crippen LogP contribution is 2.30. The molecule has 2 fully saturated rings. The molecule has 160 valence electrons. The molecule has 0 aliphatic carbocycles. The monoisotopic (exact) mass is 402 g/mol. The van der Waals surface area contributed by atoms with Crippen LogP contribution in [-0.4, -0.2) is 61.0 Å². The van der Waals surface area contributed by atoms with Crippen molar-refractivity contribution in [3.05, 3.63) is 23.8 Å². The molecule has 3 rings (SSSR count). The molecule has 2 heterocycles. The molecule has 1 aromatic rings. The lowest BCUT2D eigenvalue weighted by Crippen LogP contribution is -2.47. The summed E-state index contributed by atoms with van der Waals surface area (Å²) in [6, 6.07) is 6.41. The van der Waals surface area contributed by atoms with Crippen molar-refractivity contribution in [1.82, 2.24) is 9.80 Å². The van der Waals surface area contributed by atoms with Gasteiger partial charge in [-0.15, -0.1) is 0 Å². The number of hydrogen-bond donors (Lipinski definition) is 0. The van der Waals surface area contributed by atoms with Crippen molar-refractivity contribution < 1.29 is 19.1 Å². The second kappa shape index (κ2) is 9.51. The lowest BCUT2D eigenvalue weighted by Gasteiger charge is -2.37. The van der Waals surface area contributed by atoms with Crippen LogP contribution in [0.1, 0.15) is 51.5 Å². The summed E-state index contributed by atoms with van der Waals surface area (Å²) < 4.78 is 10.7. The van der Waals surface area contributed by atoms with Gasteiger partial charge >= 0.3 is 0 Å². The lowest BCUT2D eigenvalue weighted by atomic mass is 9.93. The van der Waals surface area contributed by atoms with Gasteiger partial charge in [-0.25, -0.2) is 0 Å². The molecule has 2 aliphatic heterocycles. The molecule has 0 radical (unpaired) electrons. The third-order valence-electron chi connectivity index (χ3n) is 6.26. The highest BCUT2D eigenvalue weighted by molar-refractivity contribution is 5.89. The third-order valence-corrected chi connectivity index (χ3v) is 6.26. The zero-order chi connectivity index (χ0) is 21.0. The van der Waals surface area contributed by atoms with Gasteiger partial charge in [-0.3, -0.25) is 9.59 Å². The number of rotatable bonds is 7. The average molecular weight is 403 g/mol. The SMILES string of the molecule is COc1ccc(CCC2CCCCN2C(=O)C2CC(=O)N(C(C)C)C2)cc1OC. The minimum Gasteiger partial charge on any atom is -0.493 e. The highest BCUT2D eigenvalue weighted by atomic mass is 16.5. The molecule has 0 aromatic heterocycles. The molecule has 0 saturated carbocycles. The molecule has 29 heavy (non-hydrogen) atoms. The Bertz CT molecular complexity index is 734. The van der Waals surface area contributed by atoms with Gasteiger partial charge in [0.15, 0.2) is 11.5 Å². The van der Waals surface area contributed by atoms with E-state index in [-0.39, 0.29) is 29.8 Å². The zero-order valence-electron chi connectivity index (χ0n) is 18.1. The Labute approximate surface area is 174 Å². The van der Waals surface area contributed by atoms with Crippen molar-refractivity contribution in [3.8, 4) is 11.5 Å². The van der Waals surface area contributed by atoms with Crippen LogP contribution in [0.2, 0.25) is 0 Å². The number of benzene rings is 1. The number of likely N-dealkylation sites (tertiary alicyclic amines) is 2. The normalized spacial score (nSPS) is 22.3. The maximum Gasteiger partial charge on any atom is 0.228 e. The van der Waals surface area contributed by atoms with Gasteiger partial charge in [0.1, 0.15) is 0 Å². The first-order valence-corrected chi connectivity index (χ1v) is 10.8. The standard InChI is InChI=1S/C23H34N2O4/c1-16(2)25-15-18(14-22(25)26)23(27)24-12-6-5-7-19(24)10-8-17-9-11-20(28-3)21(13-17)29-4/h9,11,13,16,18-19H,5-8,10,12,14-15H2,1-4H3. The molecule has 6 nitrogen and oxygen atoms in total. The number of carbonyl (C=O) groups excluding carboxylic acids is 2. The van der Waals surface area contributed by atoms with Crippen LogP contribution in [0.25, 0.3) is 0 Å². The number of amides is 2. The van der Waals surface area contributed by atoms with Gasteiger partial charge in [0.2, 0.25) is 11.8 Å². The fourth-order valence-corrected chi connectivity index (χ4v) is 4.59. The van der Waals surface area contributed by atoms with Crippen molar-refractivity contribution in [2.45, 2.75) is 64.5 Å². The Morgan fingerprint density at radius 2 is 1.93 bits per heavy atom. The molecule has 2 unspecified atom stereocenters. The van der Waals surface area contributed by atoms with Gasteiger partial charge in [0.05, 0.1) is 20.1 Å². The Morgan fingerprint density at radius 3 is 2.59 bits per heavy atom. The largest absolute Gasteiger partial charge is 0.493 e. The molecule has 0 bridgehead atoms. The van der Waals surface area contributed by atoms with Gasteiger partial charge in [-0.2, -0.15) is 0 Å². The van der Waals surface area contributed by atoms with Crippen LogP contribution in [0, 0.1) is 5.92 Å². The lowest BCUT2D eigenvalue weighted by molar-refractivity contribution is -0.139. The summed E-state index contributed by atoms with van der Waals surface area (Å²) in [6.45, 7) is 5.39. The van der Waals surface area contributed by atoms with Crippen LogP contribution in [-0.2, 0) is 16.0 Å². The molecule has 2 aliphatic rings. The summed E-state index contributed by atoms with van der Waals surface area (Å²) in [5.41, 5.74) is 1.18. The molecule has 0 N–H and O–H groups in total. The Hall–Kier alpha value is -2.24. The fraction of sp³-hybridized carbons (Fsp3) is 0.652. The first-order chi connectivity index (χ1) is 13.9. The predicted octanol–water partition coefficient (Wildman–Crippen LogP) is 3.27. The van der Waals surface area contributed by atoms with Crippen LogP contribution >= 0.6 is 0 Å². The maximum absolute atomic E-state index is 13.2. The van der Waals surface area contributed by atoms with E-state index in [9.17, 15) is 9.59 Å². The van der Waals surface area contributed by atoms with Gasteiger partial charge in [0.25, 0.3) is 0 Å². The van der Waals surface area contributed by atoms with Crippen LogP contribution in [0.5, 0.6) is 11.5 Å². The number of nitrogens with zero attached hydrogens (tertiary/aromatic N) is 2. The van der Waals surface area contributed by atoms with E-state index >= 15 is 0 Å². The van der Waals surface area contributed by atoms with Crippen LogP contribution in [0.3, 0.4) is 0 Å². The first-order valence-electron chi connectivity index (χ1n) is 10.8. The summed E-state index contributed by atoms with van der Waals surface area (Å²) >= 11 is 0. The third kappa shape index (κ3) is 4.85. The second-order valence-corrected chi connectivity index (χ2v) is 8.45. The van der Waals surface area contributed by atoms with E-state index in [4.69, 9.17) is 9.47 Å². The van der Waals surface area contributed by atoms with E-state index in [1.54, 1.807) is 14.2 Å². The minimum atomic E-state index is -0.188. The number of methoxy groups -OCH3 is 2. The number of hydrogen-bond acceptors (Lipinski definition) is 4. The van der Waals surface area contributed by atoms with Crippen LogP contribution in [0.15, 0.2) is 18.2 Å². The van der Waals surface area contributed by atoms with Crippen molar-refractivity contribution in [2.75, 3.05) is 27.3 Å². The van der Waals surface area contributed by atoms with Crippen molar-refractivity contribution in [1.29, 1.82) is 0 Å². The molecule has 2 saturated heterocycles. The van der Waals surface area contributed by atoms with E-state index in [0.717, 1.165) is 50.1 Å². The molecule has 2 atom stereocenters. The smallest absolute Gasteiger partial charge is 0.228 e. The summed E-state index contributed by atoms with van der Waals surface area (Å²) in [4.78, 5) is 29.4. The zero-order valence-corrected chi connectivity index (χ0v) is 18.1. The van der Waals surface area contributed by atoms with Gasteiger partial charge in [0, 0.05) is 31.6 Å². The molecule has 6 heteroatoms. The van der Waals surface area contributed by atoms with Gasteiger partial charge < -0.3 is 19.3 Å². The Balaban J connectivity index is 1.64. The van der Waals surface area contributed by atoms with Crippen LogP contribution < -0.4 is 9.47 Å². The summed E-state index contributed by atoms with van der Waals surface area (Å²) in [6.07, 6.45) is 5.41. The summed E-state index contributed by atoms with van der Waals surface area (Å²) in [7, 11) is 3.28. The quantitative estimate of drug-likeness (QED) is 0.702. The Kier molecular flexibility index (Phi) is 7.04. The van der Waals surface area contributed by atoms with Gasteiger partial charge in [-0.1, -0.05) is 6.07 Å². The second-order valence-electron chi connectivity index (χ2n) is 8.45. The molecule has 1 aromatic carbocycles. The number of piperidine rings is 1. The fourth-order valence-electron chi connectivity index (χ4n) is 4.59. The topological polar surface area (TPSA) is 59.1 Å². The van der Waals surface area contributed by atoms with E-state index in [1.807, 2.05) is 30.9 Å². The summed E-state index contributed by atoms with van der Waals surface area (Å²) in [5.74, 6) is 1.55. The van der Waals surface area contributed by atoms with E-state index in [1.165, 1.54) is 5.56 Å². The van der Waals surface area contributed by atoms with Crippen molar-refractivity contribution >= 4 is 11.8 Å². The van der Waals surface area contributed by atoms with E-state index in [0.29, 0.717) is 13.0 Å². The number of aryl methyl sites for hydroxylation is 1. The van der Waals surface area contributed by atoms with Crippen molar-refractivity contribution in [2.24, 2.45) is 5.92 Å². The average Bonchev–Trinajstić information content (AvgIpc) is 3.13. The Morgan fingerprint density at radius 1 is 1.17 bits per heavy atom. The van der Waals surface area contributed by atoms with E-state index in [2.05, 4.69) is 11.0 Å². The number of carbonyl (C=O) groups is 2. The number of ether oxygens (including phenoxy) is 2. The molecular formula is C23H34N2O4. The van der Waals surface area contributed by atoms with E-state index < -0.39 is 0 Å². The highest BCUT2D eigenvalue weighted by Gasteiger charge is 2.39. The van der Waals surface area contributed by atoms with Crippen LogP contribution in [0.4, 0.5) is 0 Å².